The Kier molecular flexibility index (Phi) is 3.83. The van der Waals surface area contributed by atoms with Crippen molar-refractivity contribution in [1.82, 2.24) is 5.32 Å². The highest BCUT2D eigenvalue weighted by atomic mass is 16.5. The van der Waals surface area contributed by atoms with E-state index in [0.717, 1.165) is 12.8 Å². The molecule has 1 heterocycles. The average Bonchev–Trinajstić information content (AvgIpc) is 2.13. The summed E-state index contributed by atoms with van der Waals surface area (Å²) in [5.41, 5.74) is -0.120. The van der Waals surface area contributed by atoms with Crippen LogP contribution in [0.25, 0.3) is 0 Å². The number of rotatable bonds is 2. The molecular weight excluding hydrogens is 216 g/mol. The Bertz CT molecular complexity index is 326. The predicted octanol–water partition coefficient (Wildman–Crippen LogP) is 1.86. The van der Waals surface area contributed by atoms with Gasteiger partial charge in [-0.15, -0.1) is 0 Å². The molecule has 0 bridgehead atoms. The number of methoxy groups -OCH3 is 1. The zero-order valence-corrected chi connectivity index (χ0v) is 11.3. The number of hydrogen-bond acceptors (Lipinski definition) is 4. The van der Waals surface area contributed by atoms with Crippen LogP contribution in [0.1, 0.15) is 40.5 Å². The Morgan fingerprint density at radius 2 is 1.82 bits per heavy atom. The third-order valence-electron chi connectivity index (χ3n) is 3.29. The van der Waals surface area contributed by atoms with Crippen LogP contribution in [-0.4, -0.2) is 24.2 Å². The topological polar surface area (TPSA) is 62.1 Å². The first-order valence-electron chi connectivity index (χ1n) is 5.97. The first kappa shape index (κ1) is 14.0. The highest BCUT2D eigenvalue weighted by Gasteiger charge is 2.43. The molecule has 1 aliphatic rings. The summed E-state index contributed by atoms with van der Waals surface area (Å²) >= 11 is 0. The predicted molar refractivity (Wildman–Crippen MR) is 65.1 cm³/mol. The van der Waals surface area contributed by atoms with Crippen LogP contribution in [0.15, 0.2) is 0 Å². The standard InChI is InChI=1S/C13H22N2O2/c1-12(2)6-9(7-13(3,4)15-12)10(8-14)11(16)17-5/h9-10,15H,6-7H2,1-5H3/t10-/m1/s1. The summed E-state index contributed by atoms with van der Waals surface area (Å²) in [6, 6.07) is 2.10. The fourth-order valence-electron chi connectivity index (χ4n) is 3.11. The monoisotopic (exact) mass is 238 g/mol. The molecule has 1 aliphatic heterocycles. The van der Waals surface area contributed by atoms with Gasteiger partial charge in [0, 0.05) is 11.1 Å². The second-order valence-electron chi connectivity index (χ2n) is 6.19. The van der Waals surface area contributed by atoms with Crippen molar-refractivity contribution in [2.24, 2.45) is 11.8 Å². The van der Waals surface area contributed by atoms with Crippen LogP contribution < -0.4 is 5.32 Å². The van der Waals surface area contributed by atoms with Crippen molar-refractivity contribution < 1.29 is 9.53 Å². The Hall–Kier alpha value is -1.08. The molecule has 0 aliphatic carbocycles. The normalized spacial score (nSPS) is 24.7. The van der Waals surface area contributed by atoms with Gasteiger partial charge in [0.15, 0.2) is 0 Å². The summed E-state index contributed by atoms with van der Waals surface area (Å²) in [5.74, 6) is -1.01. The Morgan fingerprint density at radius 1 is 1.35 bits per heavy atom. The van der Waals surface area contributed by atoms with Crippen LogP contribution in [0.3, 0.4) is 0 Å². The number of piperidine rings is 1. The fraction of sp³-hybridized carbons (Fsp3) is 0.846. The first-order chi connectivity index (χ1) is 7.71. The summed E-state index contributed by atoms with van der Waals surface area (Å²) in [5, 5.41) is 12.7. The zero-order valence-electron chi connectivity index (χ0n) is 11.3. The molecule has 1 N–H and O–H groups in total. The minimum Gasteiger partial charge on any atom is -0.468 e. The SMILES string of the molecule is COC(=O)[C@H](C#N)C1CC(C)(C)NC(C)(C)C1. The summed E-state index contributed by atoms with van der Waals surface area (Å²) in [4.78, 5) is 11.6. The number of hydrogen-bond donors (Lipinski definition) is 1. The van der Waals surface area contributed by atoms with E-state index in [1.54, 1.807) is 0 Å². The second-order valence-corrected chi connectivity index (χ2v) is 6.19. The van der Waals surface area contributed by atoms with E-state index < -0.39 is 11.9 Å². The van der Waals surface area contributed by atoms with Gasteiger partial charge >= 0.3 is 5.97 Å². The lowest BCUT2D eigenvalue weighted by atomic mass is 9.71. The van der Waals surface area contributed by atoms with Crippen molar-refractivity contribution in [2.75, 3.05) is 7.11 Å². The molecule has 0 spiro atoms. The van der Waals surface area contributed by atoms with Crippen LogP contribution in [0.5, 0.6) is 0 Å². The highest BCUT2D eigenvalue weighted by molar-refractivity contribution is 5.75. The van der Waals surface area contributed by atoms with Crippen LogP contribution in [-0.2, 0) is 9.53 Å². The second kappa shape index (κ2) is 4.66. The van der Waals surface area contributed by atoms with E-state index in [4.69, 9.17) is 10.00 Å². The molecule has 0 aromatic rings. The molecule has 1 saturated heterocycles. The minimum atomic E-state index is -0.652. The number of ether oxygens (including phenoxy) is 1. The summed E-state index contributed by atoms with van der Waals surface area (Å²) < 4.78 is 4.71. The molecule has 1 fully saturated rings. The lowest BCUT2D eigenvalue weighted by Crippen LogP contribution is -2.59. The van der Waals surface area contributed by atoms with Crippen LogP contribution in [0.4, 0.5) is 0 Å². The fourth-order valence-corrected chi connectivity index (χ4v) is 3.11. The van der Waals surface area contributed by atoms with Gasteiger partial charge in [0.25, 0.3) is 0 Å². The number of nitrogens with zero attached hydrogens (tertiary/aromatic N) is 1. The van der Waals surface area contributed by atoms with Gasteiger partial charge in [-0.1, -0.05) is 0 Å². The molecule has 17 heavy (non-hydrogen) atoms. The molecule has 96 valence electrons. The largest absolute Gasteiger partial charge is 0.468 e. The van der Waals surface area contributed by atoms with Crippen molar-refractivity contribution in [1.29, 1.82) is 5.26 Å². The van der Waals surface area contributed by atoms with Gasteiger partial charge in [0.1, 0.15) is 5.92 Å². The number of carbonyl (C=O) groups excluding carboxylic acids is 1. The minimum absolute atomic E-state index is 0.0544. The van der Waals surface area contributed by atoms with Crippen molar-refractivity contribution >= 4 is 5.97 Å². The van der Waals surface area contributed by atoms with Crippen molar-refractivity contribution in [2.45, 2.75) is 51.6 Å². The van der Waals surface area contributed by atoms with E-state index >= 15 is 0 Å². The first-order valence-corrected chi connectivity index (χ1v) is 5.97. The van der Waals surface area contributed by atoms with Gasteiger partial charge < -0.3 is 10.1 Å². The van der Waals surface area contributed by atoms with Gasteiger partial charge in [-0.3, -0.25) is 4.79 Å². The van der Waals surface area contributed by atoms with Gasteiger partial charge in [0.05, 0.1) is 13.2 Å². The molecule has 4 heteroatoms. The van der Waals surface area contributed by atoms with E-state index in [9.17, 15) is 4.79 Å². The number of carbonyl (C=O) groups is 1. The Morgan fingerprint density at radius 3 is 2.18 bits per heavy atom. The quantitative estimate of drug-likeness (QED) is 0.746. The van der Waals surface area contributed by atoms with Crippen LogP contribution in [0.2, 0.25) is 0 Å². The molecular formula is C13H22N2O2. The van der Waals surface area contributed by atoms with Gasteiger partial charge in [-0.05, 0) is 46.5 Å². The van der Waals surface area contributed by atoms with Crippen molar-refractivity contribution in [3.05, 3.63) is 0 Å². The van der Waals surface area contributed by atoms with Crippen molar-refractivity contribution in [3.63, 3.8) is 0 Å². The lowest BCUT2D eigenvalue weighted by Gasteiger charge is -2.47. The molecule has 0 radical (unpaired) electrons. The molecule has 1 rings (SSSR count). The van der Waals surface area contributed by atoms with E-state index in [2.05, 4.69) is 39.1 Å². The van der Waals surface area contributed by atoms with E-state index in [1.165, 1.54) is 7.11 Å². The Labute approximate surface area is 103 Å². The maximum Gasteiger partial charge on any atom is 0.323 e. The number of nitrogens with one attached hydrogen (secondary N) is 1. The molecule has 0 saturated carbocycles. The molecule has 0 amide bonds. The van der Waals surface area contributed by atoms with E-state index in [-0.39, 0.29) is 17.0 Å². The van der Waals surface area contributed by atoms with E-state index in [0.29, 0.717) is 0 Å². The van der Waals surface area contributed by atoms with E-state index in [1.807, 2.05) is 0 Å². The van der Waals surface area contributed by atoms with Crippen LogP contribution in [0, 0.1) is 23.2 Å². The summed E-state index contributed by atoms with van der Waals surface area (Å²) in [7, 11) is 1.34. The van der Waals surface area contributed by atoms with Crippen LogP contribution >= 0.6 is 0 Å². The van der Waals surface area contributed by atoms with Crippen molar-refractivity contribution in [3.8, 4) is 6.07 Å². The maximum absolute atomic E-state index is 11.6. The molecule has 0 unspecified atom stereocenters. The molecule has 4 nitrogen and oxygen atoms in total. The molecule has 0 aromatic heterocycles. The maximum atomic E-state index is 11.6. The summed E-state index contributed by atoms with van der Waals surface area (Å²) in [6.07, 6.45) is 1.62. The number of nitriles is 1. The van der Waals surface area contributed by atoms with Gasteiger partial charge in [-0.25, -0.2) is 0 Å². The third kappa shape index (κ3) is 3.44. The van der Waals surface area contributed by atoms with Gasteiger partial charge in [0.2, 0.25) is 0 Å². The lowest BCUT2D eigenvalue weighted by molar-refractivity contribution is -0.146. The zero-order chi connectivity index (χ0) is 13.3. The summed E-state index contributed by atoms with van der Waals surface area (Å²) in [6.45, 7) is 8.42. The highest BCUT2D eigenvalue weighted by Crippen LogP contribution is 2.37. The molecule has 1 atom stereocenters. The smallest absolute Gasteiger partial charge is 0.323 e. The average molecular weight is 238 g/mol. The Balaban J connectivity index is 2.90. The van der Waals surface area contributed by atoms with Gasteiger partial charge in [-0.2, -0.15) is 5.26 Å². The molecule has 0 aromatic carbocycles. The number of esters is 1. The third-order valence-corrected chi connectivity index (χ3v) is 3.29.